The summed E-state index contributed by atoms with van der Waals surface area (Å²) in [5.74, 6) is 0.112. The molecule has 9 nitrogen and oxygen atoms in total. The maximum Gasteiger partial charge on any atom is 0.251 e. The van der Waals surface area contributed by atoms with Gasteiger partial charge in [-0.05, 0) is 38.5 Å². The zero-order valence-electron chi connectivity index (χ0n) is 21.5. The first-order valence-corrected chi connectivity index (χ1v) is 11.6. The Kier molecular flexibility index (Phi) is 9.40. The average Bonchev–Trinajstić information content (AvgIpc) is 2.90. The molecule has 1 aromatic carbocycles. The largest absolute Gasteiger partial charge is 0.658 e. The van der Waals surface area contributed by atoms with E-state index in [4.69, 9.17) is 15.0 Å². The Balaban J connectivity index is 0.00000400. The number of amides is 1. The van der Waals surface area contributed by atoms with Gasteiger partial charge >= 0.3 is 0 Å². The summed E-state index contributed by atoms with van der Waals surface area (Å²) in [4.78, 5) is 29.6. The van der Waals surface area contributed by atoms with E-state index < -0.39 is 5.41 Å². The summed E-state index contributed by atoms with van der Waals surface area (Å²) in [5, 5.41) is 16.9. The van der Waals surface area contributed by atoms with Crippen LogP contribution in [-0.4, -0.2) is 39.6 Å². The van der Waals surface area contributed by atoms with Crippen molar-refractivity contribution in [3.63, 3.8) is 0 Å². The third-order valence-electron chi connectivity index (χ3n) is 5.65. The standard InChI is InChI=1S/C28H27N7O2.W/c1-18-5-6-20(33-21-8-10-31-25(13-21)28(2,3)17-29)12-22(18)24-15-30-14-23(34-24)19-7-9-32-26(11-19)35-27(36)16-37-4;/h5-15H,16H2,1-4H3,(H2,31,32,33,35,36);/p-1. The van der Waals surface area contributed by atoms with Crippen LogP contribution in [0, 0.1) is 18.3 Å². The van der Waals surface area contributed by atoms with Gasteiger partial charge in [-0.1, -0.05) is 30.3 Å². The molecule has 0 saturated carbocycles. The molecule has 4 aromatic rings. The van der Waals surface area contributed by atoms with Crippen molar-refractivity contribution in [2.75, 3.05) is 19.0 Å². The van der Waals surface area contributed by atoms with Gasteiger partial charge in [0, 0.05) is 51.7 Å². The molecule has 3 aromatic heterocycles. The fraction of sp³-hybridized carbons (Fsp3) is 0.214. The van der Waals surface area contributed by atoms with Crippen molar-refractivity contribution in [2.24, 2.45) is 0 Å². The van der Waals surface area contributed by atoms with Gasteiger partial charge in [-0.3, -0.25) is 14.8 Å². The Morgan fingerprint density at radius 1 is 1.05 bits per heavy atom. The van der Waals surface area contributed by atoms with E-state index >= 15 is 0 Å². The first kappa shape index (κ1) is 28.6. The molecule has 0 spiro atoms. The second-order valence-corrected chi connectivity index (χ2v) is 8.95. The maximum absolute atomic E-state index is 11.9. The van der Waals surface area contributed by atoms with Gasteiger partial charge in [0.2, 0.25) is 0 Å². The van der Waals surface area contributed by atoms with Gasteiger partial charge in [0.15, 0.2) is 0 Å². The number of nitriles is 1. The fourth-order valence-corrected chi connectivity index (χ4v) is 3.60. The normalized spacial score (nSPS) is 10.7. The van der Waals surface area contributed by atoms with E-state index in [9.17, 15) is 10.1 Å². The van der Waals surface area contributed by atoms with Crippen LogP contribution in [0.2, 0.25) is 0 Å². The van der Waals surface area contributed by atoms with Crippen LogP contribution in [0.5, 0.6) is 0 Å². The van der Waals surface area contributed by atoms with Gasteiger partial charge in [0.05, 0.1) is 41.0 Å². The van der Waals surface area contributed by atoms with Crippen LogP contribution >= 0.6 is 0 Å². The smallest absolute Gasteiger partial charge is 0.251 e. The van der Waals surface area contributed by atoms with Crippen LogP contribution in [0.25, 0.3) is 27.8 Å². The number of methoxy groups -OCH3 is 1. The number of aryl methyl sites for hydroxylation is 1. The summed E-state index contributed by atoms with van der Waals surface area (Å²) in [5.41, 5.74) is 5.42. The summed E-state index contributed by atoms with van der Waals surface area (Å²) < 4.78 is 4.85. The van der Waals surface area contributed by atoms with Gasteiger partial charge in [-0.25, -0.2) is 9.97 Å². The van der Waals surface area contributed by atoms with Gasteiger partial charge < -0.3 is 15.4 Å². The van der Waals surface area contributed by atoms with E-state index in [1.165, 1.54) is 7.11 Å². The number of hydrogen-bond donors (Lipinski definition) is 1. The predicted octanol–water partition coefficient (Wildman–Crippen LogP) is 5.63. The molecule has 0 atom stereocenters. The number of carbonyl (C=O) groups is 1. The zero-order chi connectivity index (χ0) is 26.4. The SMILES string of the molecule is COCC(=O)Nc1cc(-c2cncc(-c3cc([N-]c4ccnc(C(C)(C)C#N)c4)ccc3C)n2)ccn1.[W]. The Morgan fingerprint density at radius 2 is 1.79 bits per heavy atom. The Morgan fingerprint density at radius 3 is 2.55 bits per heavy atom. The van der Waals surface area contributed by atoms with Crippen LogP contribution < -0.4 is 5.32 Å². The number of benzene rings is 1. The van der Waals surface area contributed by atoms with Crippen LogP contribution in [0.3, 0.4) is 0 Å². The van der Waals surface area contributed by atoms with Crippen molar-refractivity contribution in [3.05, 3.63) is 83.8 Å². The number of nitrogens with zero attached hydrogens (tertiary/aromatic N) is 6. The third kappa shape index (κ3) is 6.85. The number of rotatable bonds is 8. The molecule has 192 valence electrons. The zero-order valence-corrected chi connectivity index (χ0v) is 24.4. The van der Waals surface area contributed by atoms with Crippen molar-refractivity contribution in [1.29, 1.82) is 5.26 Å². The third-order valence-corrected chi connectivity index (χ3v) is 5.65. The monoisotopic (exact) mass is 676 g/mol. The number of aromatic nitrogens is 4. The van der Waals surface area contributed by atoms with E-state index in [1.54, 1.807) is 30.9 Å². The van der Waals surface area contributed by atoms with Gasteiger partial charge in [-0.2, -0.15) is 5.26 Å². The minimum atomic E-state index is -0.709. The molecular formula is C28H26N7O2W-. The van der Waals surface area contributed by atoms with E-state index in [0.29, 0.717) is 28.6 Å². The second-order valence-electron chi connectivity index (χ2n) is 8.95. The first-order chi connectivity index (χ1) is 17.8. The Hall–Kier alpha value is -3.99. The number of nitrogens with one attached hydrogen (secondary N) is 1. The van der Waals surface area contributed by atoms with Gasteiger partial charge in [0.25, 0.3) is 5.91 Å². The molecule has 38 heavy (non-hydrogen) atoms. The molecule has 0 bridgehead atoms. The van der Waals surface area contributed by atoms with Gasteiger partial charge in [0.1, 0.15) is 12.4 Å². The molecule has 0 aliphatic heterocycles. The van der Waals surface area contributed by atoms with Crippen LogP contribution in [-0.2, 0) is 36.0 Å². The maximum atomic E-state index is 11.9. The Bertz CT molecular complexity index is 1480. The second kappa shape index (κ2) is 12.5. The summed E-state index contributed by atoms with van der Waals surface area (Å²) in [6, 6.07) is 15.3. The average molecular weight is 676 g/mol. The minimum Gasteiger partial charge on any atom is -0.658 e. The molecule has 3 heterocycles. The summed E-state index contributed by atoms with van der Waals surface area (Å²) >= 11 is 0. The van der Waals surface area contributed by atoms with Crippen LogP contribution in [0.15, 0.2) is 67.3 Å². The molecule has 1 amide bonds. The molecule has 10 heteroatoms. The number of hydrogen-bond acceptors (Lipinski definition) is 7. The van der Waals surface area contributed by atoms with E-state index in [0.717, 1.165) is 22.4 Å². The molecule has 1 N–H and O–H groups in total. The number of carbonyl (C=O) groups excluding carboxylic acids is 1. The number of pyridine rings is 2. The molecule has 0 aliphatic carbocycles. The predicted molar refractivity (Wildman–Crippen MR) is 141 cm³/mol. The van der Waals surface area contributed by atoms with Crippen molar-refractivity contribution in [2.45, 2.75) is 26.2 Å². The first-order valence-electron chi connectivity index (χ1n) is 11.6. The fourth-order valence-electron chi connectivity index (χ4n) is 3.60. The summed E-state index contributed by atoms with van der Waals surface area (Å²) in [6.45, 7) is 5.60. The Labute approximate surface area is 236 Å². The van der Waals surface area contributed by atoms with Crippen LogP contribution in [0.4, 0.5) is 17.2 Å². The number of anilines is 1. The molecule has 0 radical (unpaired) electrons. The van der Waals surface area contributed by atoms with Crippen molar-refractivity contribution < 1.29 is 30.6 Å². The van der Waals surface area contributed by atoms with E-state index in [2.05, 4.69) is 26.3 Å². The topological polar surface area (TPSA) is 128 Å². The molecule has 4 rings (SSSR count). The molecule has 0 fully saturated rings. The molecule has 0 unspecified atom stereocenters. The van der Waals surface area contributed by atoms with Crippen molar-refractivity contribution in [1.82, 2.24) is 19.9 Å². The molecule has 0 saturated heterocycles. The van der Waals surface area contributed by atoms with Gasteiger partial charge in [-0.15, -0.1) is 11.4 Å². The summed E-state index contributed by atoms with van der Waals surface area (Å²) in [7, 11) is 1.46. The van der Waals surface area contributed by atoms with E-state index in [-0.39, 0.29) is 33.6 Å². The van der Waals surface area contributed by atoms with Crippen LogP contribution in [0.1, 0.15) is 25.1 Å². The number of ether oxygens (including phenoxy) is 1. The summed E-state index contributed by atoms with van der Waals surface area (Å²) in [6.07, 6.45) is 6.64. The molecule has 0 aliphatic rings. The quantitative estimate of drug-likeness (QED) is 0.256. The van der Waals surface area contributed by atoms with E-state index in [1.807, 2.05) is 57.2 Å². The minimum absolute atomic E-state index is 0. The molecular weight excluding hydrogens is 650 g/mol. The van der Waals surface area contributed by atoms with Crippen molar-refractivity contribution >= 4 is 23.1 Å². The van der Waals surface area contributed by atoms with Crippen molar-refractivity contribution in [3.8, 4) is 28.6 Å².